The molecule has 1 fully saturated rings. The molecule has 2 rings (SSSR count). The zero-order valence-corrected chi connectivity index (χ0v) is 16.2. The molecule has 6 heteroatoms. The Morgan fingerprint density at radius 3 is 2.65 bits per heavy atom. The van der Waals surface area contributed by atoms with Gasteiger partial charge >= 0.3 is 0 Å². The van der Waals surface area contributed by atoms with E-state index in [1.54, 1.807) is 0 Å². The van der Waals surface area contributed by atoms with E-state index in [1.165, 1.54) is 13.0 Å². The number of nitrogens with one attached hydrogen (secondary N) is 1. The Labute approximate surface area is 144 Å². The van der Waals surface area contributed by atoms with Crippen LogP contribution in [0.1, 0.15) is 52.6 Å². The van der Waals surface area contributed by atoms with Gasteiger partial charge in [-0.3, -0.25) is 4.68 Å². The van der Waals surface area contributed by atoms with Crippen molar-refractivity contribution in [3.8, 4) is 0 Å². The van der Waals surface area contributed by atoms with E-state index < -0.39 is 11.4 Å². The number of aromatic nitrogens is 2. The van der Waals surface area contributed by atoms with Crippen LogP contribution in [0.2, 0.25) is 0 Å². The summed E-state index contributed by atoms with van der Waals surface area (Å²) in [7, 11) is 2.18. The van der Waals surface area contributed by atoms with Crippen LogP contribution in [0.25, 0.3) is 0 Å². The van der Waals surface area contributed by atoms with Crippen molar-refractivity contribution in [1.82, 2.24) is 19.4 Å². The standard InChI is InChI=1S/C17H32N4OS/c1-13(2)16(19-23(22)17(3,4)5)15-9-18-21(12-15)11-14-7-8-20(6)10-14/h9,12-14,16,19H,7-8,10-11H2,1-6H3/t14-,16?,23+/m0/s1. The van der Waals surface area contributed by atoms with Gasteiger partial charge < -0.3 is 9.45 Å². The van der Waals surface area contributed by atoms with Crippen LogP contribution in [-0.2, 0) is 17.9 Å². The minimum absolute atomic E-state index is 0.0649. The van der Waals surface area contributed by atoms with Gasteiger partial charge in [-0.2, -0.15) is 5.10 Å². The van der Waals surface area contributed by atoms with Crippen molar-refractivity contribution in [3.63, 3.8) is 0 Å². The molecule has 5 nitrogen and oxygen atoms in total. The summed E-state index contributed by atoms with van der Waals surface area (Å²) in [5.41, 5.74) is 1.13. The number of rotatable bonds is 6. The van der Waals surface area contributed by atoms with E-state index in [-0.39, 0.29) is 10.8 Å². The normalized spacial score (nSPS) is 22.7. The van der Waals surface area contributed by atoms with Gasteiger partial charge in [0.25, 0.3) is 0 Å². The molecule has 132 valence electrons. The Morgan fingerprint density at radius 2 is 2.13 bits per heavy atom. The van der Waals surface area contributed by atoms with Gasteiger partial charge in [0.2, 0.25) is 0 Å². The van der Waals surface area contributed by atoms with Crippen LogP contribution in [0.15, 0.2) is 12.4 Å². The third-order valence-corrected chi connectivity index (χ3v) is 5.98. The molecule has 2 heterocycles. The molecule has 0 aromatic carbocycles. The van der Waals surface area contributed by atoms with Crippen LogP contribution in [0.3, 0.4) is 0 Å². The molecule has 3 atom stereocenters. The summed E-state index contributed by atoms with van der Waals surface area (Å²) in [4.78, 5) is 2.38. The van der Waals surface area contributed by atoms with Gasteiger partial charge in [-0.15, -0.1) is 4.72 Å². The molecule has 1 unspecified atom stereocenters. The largest absolute Gasteiger partial charge is 0.598 e. The molecule has 1 aliphatic heterocycles. The van der Waals surface area contributed by atoms with Crippen molar-refractivity contribution >= 4 is 11.4 Å². The maximum atomic E-state index is 12.4. The Hall–Kier alpha value is -0.560. The van der Waals surface area contributed by atoms with E-state index in [4.69, 9.17) is 0 Å². The number of likely N-dealkylation sites (tertiary alicyclic amines) is 1. The summed E-state index contributed by atoms with van der Waals surface area (Å²) in [6, 6.07) is 0.0649. The number of hydrogen-bond acceptors (Lipinski definition) is 4. The van der Waals surface area contributed by atoms with E-state index in [2.05, 4.69) is 46.5 Å². The Morgan fingerprint density at radius 1 is 1.43 bits per heavy atom. The van der Waals surface area contributed by atoms with Crippen molar-refractivity contribution in [2.24, 2.45) is 11.8 Å². The molecule has 1 aliphatic rings. The molecule has 0 bridgehead atoms. The zero-order valence-electron chi connectivity index (χ0n) is 15.4. The van der Waals surface area contributed by atoms with Crippen LogP contribution < -0.4 is 4.72 Å². The van der Waals surface area contributed by atoms with Crippen LogP contribution in [0, 0.1) is 11.8 Å². The SMILES string of the molecule is CC(C)C(N[S@+]([O-])C(C)(C)C)c1cnn(C[C@H]2CCN(C)C2)c1. The number of hydrogen-bond donors (Lipinski definition) is 1. The minimum Gasteiger partial charge on any atom is -0.598 e. The number of nitrogens with zero attached hydrogens (tertiary/aromatic N) is 3. The molecule has 1 N–H and O–H groups in total. The molecule has 0 radical (unpaired) electrons. The lowest BCUT2D eigenvalue weighted by Crippen LogP contribution is -2.42. The summed E-state index contributed by atoms with van der Waals surface area (Å²) in [5.74, 6) is 1.04. The molecule has 0 spiro atoms. The van der Waals surface area contributed by atoms with E-state index >= 15 is 0 Å². The molecule has 1 aromatic heterocycles. The average Bonchev–Trinajstić information content (AvgIpc) is 3.04. The smallest absolute Gasteiger partial charge is 0.136 e. The van der Waals surface area contributed by atoms with Crippen LogP contribution in [0.5, 0.6) is 0 Å². The predicted molar refractivity (Wildman–Crippen MR) is 96.4 cm³/mol. The van der Waals surface area contributed by atoms with Gasteiger partial charge in [-0.1, -0.05) is 13.8 Å². The van der Waals surface area contributed by atoms with Gasteiger partial charge in [0.1, 0.15) is 4.75 Å². The van der Waals surface area contributed by atoms with Crippen molar-refractivity contribution in [3.05, 3.63) is 18.0 Å². The van der Waals surface area contributed by atoms with Crippen molar-refractivity contribution in [2.45, 2.75) is 58.4 Å². The fraction of sp³-hybridized carbons (Fsp3) is 0.824. The summed E-state index contributed by atoms with van der Waals surface area (Å²) in [6.07, 6.45) is 5.29. The van der Waals surface area contributed by atoms with Crippen molar-refractivity contribution in [2.75, 3.05) is 20.1 Å². The summed E-state index contributed by atoms with van der Waals surface area (Å²) >= 11 is -1.08. The zero-order chi connectivity index (χ0) is 17.2. The first-order chi connectivity index (χ1) is 10.7. The highest BCUT2D eigenvalue weighted by Crippen LogP contribution is 2.26. The Kier molecular flexibility index (Phi) is 6.16. The molecular formula is C17H32N4OS. The minimum atomic E-state index is -1.08. The first-order valence-corrected chi connectivity index (χ1v) is 9.70. The summed E-state index contributed by atoms with van der Waals surface area (Å²) in [6.45, 7) is 13.6. The fourth-order valence-electron chi connectivity index (χ4n) is 2.96. The molecular weight excluding hydrogens is 308 g/mol. The van der Waals surface area contributed by atoms with E-state index in [9.17, 15) is 4.55 Å². The monoisotopic (exact) mass is 340 g/mol. The maximum absolute atomic E-state index is 12.4. The summed E-state index contributed by atoms with van der Waals surface area (Å²) in [5, 5.41) is 4.54. The lowest BCUT2D eigenvalue weighted by Gasteiger charge is -2.29. The maximum Gasteiger partial charge on any atom is 0.136 e. The lowest BCUT2D eigenvalue weighted by molar-refractivity contribution is 0.369. The first kappa shape index (κ1) is 18.8. The second-order valence-electron chi connectivity index (χ2n) is 8.13. The molecule has 1 saturated heterocycles. The van der Waals surface area contributed by atoms with E-state index in [1.807, 2.05) is 27.0 Å². The van der Waals surface area contributed by atoms with Crippen molar-refractivity contribution in [1.29, 1.82) is 0 Å². The van der Waals surface area contributed by atoms with Gasteiger partial charge in [0, 0.05) is 36.2 Å². The highest BCUT2D eigenvalue weighted by Gasteiger charge is 2.31. The first-order valence-electron chi connectivity index (χ1n) is 8.55. The lowest BCUT2D eigenvalue weighted by atomic mass is 10.0. The van der Waals surface area contributed by atoms with Crippen molar-refractivity contribution < 1.29 is 4.55 Å². The highest BCUT2D eigenvalue weighted by atomic mass is 32.2. The quantitative estimate of drug-likeness (QED) is 0.809. The van der Waals surface area contributed by atoms with Crippen LogP contribution >= 0.6 is 0 Å². The highest BCUT2D eigenvalue weighted by molar-refractivity contribution is 7.90. The molecule has 23 heavy (non-hydrogen) atoms. The topological polar surface area (TPSA) is 56.1 Å². The second kappa shape index (κ2) is 7.55. The van der Waals surface area contributed by atoms with Crippen LogP contribution in [-0.4, -0.2) is 44.1 Å². The summed E-state index contributed by atoms with van der Waals surface area (Å²) < 4.78 is 17.5. The molecule has 1 aromatic rings. The fourth-order valence-corrected chi connectivity index (χ4v) is 3.95. The van der Waals surface area contributed by atoms with Gasteiger partial charge in [0.05, 0.1) is 12.2 Å². The second-order valence-corrected chi connectivity index (χ2v) is 10.1. The molecule has 0 aliphatic carbocycles. The third kappa shape index (κ3) is 5.21. The van der Waals surface area contributed by atoms with Crippen LogP contribution in [0.4, 0.5) is 0 Å². The molecule has 0 saturated carbocycles. The third-order valence-electron chi connectivity index (χ3n) is 4.40. The predicted octanol–water partition coefficient (Wildman–Crippen LogP) is 2.58. The van der Waals surface area contributed by atoms with E-state index in [0.29, 0.717) is 11.8 Å². The average molecular weight is 341 g/mol. The van der Waals surface area contributed by atoms with Gasteiger partial charge in [0.15, 0.2) is 0 Å². The van der Waals surface area contributed by atoms with Gasteiger partial charge in [-0.25, -0.2) is 0 Å². The molecule has 0 amide bonds. The Bertz CT molecular complexity index is 497. The Balaban J connectivity index is 2.03. The van der Waals surface area contributed by atoms with Gasteiger partial charge in [-0.05, 0) is 52.6 Å². The van der Waals surface area contributed by atoms with E-state index in [0.717, 1.165) is 18.7 Å².